The van der Waals surface area contributed by atoms with Crippen molar-refractivity contribution in [2.45, 2.75) is 64.7 Å². The van der Waals surface area contributed by atoms with E-state index < -0.39 is 10.0 Å². The summed E-state index contributed by atoms with van der Waals surface area (Å²) in [4.78, 5) is 0. The van der Waals surface area contributed by atoms with Crippen LogP contribution in [0.4, 0.5) is 0 Å². The minimum absolute atomic E-state index is 0.0939. The number of hydrogen-bond acceptors (Lipinski definition) is 4. The van der Waals surface area contributed by atoms with Crippen molar-refractivity contribution in [3.05, 3.63) is 0 Å². The van der Waals surface area contributed by atoms with Gasteiger partial charge in [-0.05, 0) is 47.1 Å². The van der Waals surface area contributed by atoms with E-state index in [1.54, 1.807) is 0 Å². The van der Waals surface area contributed by atoms with E-state index in [4.69, 9.17) is 4.74 Å². The monoisotopic (exact) mass is 306 g/mol. The lowest BCUT2D eigenvalue weighted by molar-refractivity contribution is -0.0698. The quantitative estimate of drug-likeness (QED) is 0.726. The molecule has 0 amide bonds. The van der Waals surface area contributed by atoms with Crippen LogP contribution in [0.5, 0.6) is 0 Å². The van der Waals surface area contributed by atoms with Crippen LogP contribution in [0.2, 0.25) is 0 Å². The Morgan fingerprint density at radius 1 is 1.30 bits per heavy atom. The Labute approximate surface area is 124 Å². The molecule has 0 saturated carbocycles. The summed E-state index contributed by atoms with van der Waals surface area (Å²) in [6.07, 6.45) is 3.05. The van der Waals surface area contributed by atoms with Crippen LogP contribution in [-0.2, 0) is 14.8 Å². The molecule has 120 valence electrons. The van der Waals surface area contributed by atoms with Crippen molar-refractivity contribution in [3.8, 4) is 0 Å². The van der Waals surface area contributed by atoms with Crippen molar-refractivity contribution in [1.29, 1.82) is 0 Å². The molecule has 1 aliphatic heterocycles. The first-order valence-electron chi connectivity index (χ1n) is 7.36. The maximum Gasteiger partial charge on any atom is 0.211 e. The number of nitrogens with one attached hydrogen (secondary N) is 1. The van der Waals surface area contributed by atoms with Crippen LogP contribution in [0.15, 0.2) is 0 Å². The van der Waals surface area contributed by atoms with Gasteiger partial charge in [0.2, 0.25) is 10.0 Å². The van der Waals surface area contributed by atoms with Gasteiger partial charge in [-0.1, -0.05) is 6.92 Å². The number of ether oxygens (including phenoxy) is 1. The minimum atomic E-state index is -3.08. The largest absolute Gasteiger partial charge is 0.368 e. The van der Waals surface area contributed by atoms with Gasteiger partial charge in [-0.3, -0.25) is 0 Å². The molecule has 0 spiro atoms. The molecule has 0 aromatic rings. The van der Waals surface area contributed by atoms with Gasteiger partial charge in [0, 0.05) is 19.1 Å². The summed E-state index contributed by atoms with van der Waals surface area (Å²) in [7, 11) is -3.08. The van der Waals surface area contributed by atoms with E-state index in [1.165, 1.54) is 10.6 Å². The molecule has 20 heavy (non-hydrogen) atoms. The first kappa shape index (κ1) is 17.9. The highest BCUT2D eigenvalue weighted by atomic mass is 32.2. The van der Waals surface area contributed by atoms with E-state index in [9.17, 15) is 8.42 Å². The van der Waals surface area contributed by atoms with Crippen molar-refractivity contribution in [3.63, 3.8) is 0 Å². The third-order valence-electron chi connectivity index (χ3n) is 3.87. The fraction of sp³-hybridized carbons (Fsp3) is 1.00. The highest BCUT2D eigenvalue weighted by Crippen LogP contribution is 2.37. The van der Waals surface area contributed by atoms with Crippen LogP contribution >= 0.6 is 0 Å². The number of nitrogens with zero attached hydrogens (tertiary/aromatic N) is 1. The Morgan fingerprint density at radius 2 is 1.90 bits per heavy atom. The van der Waals surface area contributed by atoms with Gasteiger partial charge in [-0.15, -0.1) is 0 Å². The fourth-order valence-corrected chi connectivity index (χ4v) is 3.90. The molecule has 1 unspecified atom stereocenters. The molecule has 1 saturated heterocycles. The first-order valence-corrected chi connectivity index (χ1v) is 9.21. The number of rotatable bonds is 7. The average Bonchev–Trinajstić information content (AvgIpc) is 2.44. The predicted molar refractivity (Wildman–Crippen MR) is 82.4 cm³/mol. The standard InChI is InChI=1S/C14H30N2O3S/c1-7-16(20(6,17)18)10-8-9-15-12-11-13(2,3)19-14(12,4)5/h12,15H,7-11H2,1-6H3. The topological polar surface area (TPSA) is 58.6 Å². The zero-order valence-corrected chi connectivity index (χ0v) is 14.5. The Bertz CT molecular complexity index is 418. The molecule has 1 rings (SSSR count). The average molecular weight is 306 g/mol. The van der Waals surface area contributed by atoms with E-state index >= 15 is 0 Å². The van der Waals surface area contributed by atoms with E-state index in [0.29, 0.717) is 19.1 Å². The van der Waals surface area contributed by atoms with Gasteiger partial charge in [0.25, 0.3) is 0 Å². The number of hydrogen-bond donors (Lipinski definition) is 1. The summed E-state index contributed by atoms with van der Waals surface area (Å²) in [6, 6.07) is 0.311. The second-order valence-corrected chi connectivity index (χ2v) is 8.77. The van der Waals surface area contributed by atoms with Crippen LogP contribution in [-0.4, -0.2) is 55.9 Å². The normalized spacial score (nSPS) is 25.2. The van der Waals surface area contributed by atoms with E-state index in [2.05, 4.69) is 33.0 Å². The van der Waals surface area contributed by atoms with Crippen LogP contribution in [0, 0.1) is 0 Å². The molecule has 0 aromatic carbocycles. The van der Waals surface area contributed by atoms with Crippen molar-refractivity contribution in [2.75, 3.05) is 25.9 Å². The van der Waals surface area contributed by atoms with Gasteiger partial charge in [0.15, 0.2) is 0 Å². The van der Waals surface area contributed by atoms with E-state index in [-0.39, 0.29) is 11.2 Å². The smallest absolute Gasteiger partial charge is 0.211 e. The third-order valence-corrected chi connectivity index (χ3v) is 5.25. The Kier molecular flexibility index (Phi) is 5.63. The Morgan fingerprint density at radius 3 is 2.30 bits per heavy atom. The second-order valence-electron chi connectivity index (χ2n) is 6.78. The molecule has 5 nitrogen and oxygen atoms in total. The van der Waals surface area contributed by atoms with Crippen LogP contribution in [0.25, 0.3) is 0 Å². The number of sulfonamides is 1. The maximum atomic E-state index is 11.5. The fourth-order valence-electron chi connectivity index (χ4n) is 2.97. The van der Waals surface area contributed by atoms with Crippen LogP contribution in [0.1, 0.15) is 47.5 Å². The zero-order valence-electron chi connectivity index (χ0n) is 13.7. The Balaban J connectivity index is 2.38. The molecule has 1 fully saturated rings. The van der Waals surface area contributed by atoms with Gasteiger partial charge in [-0.2, -0.15) is 0 Å². The maximum absolute atomic E-state index is 11.5. The third kappa shape index (κ3) is 4.98. The summed E-state index contributed by atoms with van der Waals surface area (Å²) < 4.78 is 30.5. The summed E-state index contributed by atoms with van der Waals surface area (Å²) in [5.41, 5.74) is -0.270. The molecule has 6 heteroatoms. The van der Waals surface area contributed by atoms with Crippen molar-refractivity contribution >= 4 is 10.0 Å². The molecular formula is C14H30N2O3S. The molecule has 0 radical (unpaired) electrons. The van der Waals surface area contributed by atoms with Crippen LogP contribution < -0.4 is 5.32 Å². The lowest BCUT2D eigenvalue weighted by atomic mass is 9.94. The van der Waals surface area contributed by atoms with Crippen molar-refractivity contribution in [2.24, 2.45) is 0 Å². The lowest BCUT2D eigenvalue weighted by Gasteiger charge is -2.28. The summed E-state index contributed by atoms with van der Waals surface area (Å²) in [5.74, 6) is 0. The zero-order chi connectivity index (χ0) is 15.6. The highest BCUT2D eigenvalue weighted by molar-refractivity contribution is 7.88. The van der Waals surface area contributed by atoms with Crippen molar-refractivity contribution in [1.82, 2.24) is 9.62 Å². The van der Waals surface area contributed by atoms with Gasteiger partial charge in [-0.25, -0.2) is 12.7 Å². The second kappa shape index (κ2) is 6.30. The highest BCUT2D eigenvalue weighted by Gasteiger charge is 2.45. The van der Waals surface area contributed by atoms with E-state index in [1.807, 2.05) is 6.92 Å². The van der Waals surface area contributed by atoms with Gasteiger partial charge in [0.05, 0.1) is 17.5 Å². The summed E-state index contributed by atoms with van der Waals surface area (Å²) >= 11 is 0. The predicted octanol–water partition coefficient (Wildman–Crippen LogP) is 1.59. The van der Waals surface area contributed by atoms with E-state index in [0.717, 1.165) is 19.4 Å². The van der Waals surface area contributed by atoms with Gasteiger partial charge < -0.3 is 10.1 Å². The van der Waals surface area contributed by atoms with Gasteiger partial charge in [0.1, 0.15) is 0 Å². The van der Waals surface area contributed by atoms with Crippen molar-refractivity contribution < 1.29 is 13.2 Å². The minimum Gasteiger partial charge on any atom is -0.368 e. The van der Waals surface area contributed by atoms with Gasteiger partial charge >= 0.3 is 0 Å². The SMILES string of the molecule is CCN(CCCNC1CC(C)(C)OC1(C)C)S(C)(=O)=O. The molecule has 1 aliphatic rings. The first-order chi connectivity index (χ1) is 8.98. The molecular weight excluding hydrogens is 276 g/mol. The molecule has 1 N–H and O–H groups in total. The summed E-state index contributed by atoms with van der Waals surface area (Å²) in [6.45, 7) is 12.2. The Hall–Kier alpha value is -0.170. The molecule has 0 aromatic heterocycles. The summed E-state index contributed by atoms with van der Waals surface area (Å²) in [5, 5.41) is 3.51. The van der Waals surface area contributed by atoms with Crippen LogP contribution in [0.3, 0.4) is 0 Å². The molecule has 0 aliphatic carbocycles. The molecule has 1 atom stereocenters. The molecule has 1 heterocycles. The molecule has 0 bridgehead atoms. The lowest BCUT2D eigenvalue weighted by Crippen LogP contribution is -2.44.